The lowest BCUT2D eigenvalue weighted by atomic mass is 10.0. The zero-order valence-electron chi connectivity index (χ0n) is 20.2. The molecule has 3 N–H and O–H groups in total. The van der Waals surface area contributed by atoms with E-state index >= 15 is 0 Å². The van der Waals surface area contributed by atoms with Crippen LogP contribution < -0.4 is 20.3 Å². The van der Waals surface area contributed by atoms with E-state index in [4.69, 9.17) is 4.74 Å². The van der Waals surface area contributed by atoms with Crippen molar-refractivity contribution in [2.24, 2.45) is 0 Å². The molecule has 3 atom stereocenters. The zero-order valence-corrected chi connectivity index (χ0v) is 20.2. The van der Waals surface area contributed by atoms with Crippen LogP contribution in [0.3, 0.4) is 0 Å². The van der Waals surface area contributed by atoms with E-state index < -0.39 is 5.54 Å². The van der Waals surface area contributed by atoms with Crippen molar-refractivity contribution in [3.8, 4) is 6.01 Å². The molecule has 0 bridgehead atoms. The van der Waals surface area contributed by atoms with Crippen molar-refractivity contribution >= 4 is 23.7 Å². The Hall–Kier alpha value is -3.89. The number of aromatic nitrogens is 5. The number of carbonyl (C=O) groups excluding carboxylic acids is 1. The number of amides is 2. The van der Waals surface area contributed by atoms with Crippen LogP contribution in [0.1, 0.15) is 49.9 Å². The molecule has 2 aliphatic heterocycles. The molecule has 0 spiro atoms. The smallest absolute Gasteiger partial charge is 0.322 e. The van der Waals surface area contributed by atoms with Gasteiger partial charge in [0, 0.05) is 30.1 Å². The summed E-state index contributed by atoms with van der Waals surface area (Å²) < 4.78 is 5.27. The summed E-state index contributed by atoms with van der Waals surface area (Å²) >= 11 is 0. The van der Waals surface area contributed by atoms with Crippen molar-refractivity contribution in [2.75, 3.05) is 23.9 Å². The van der Waals surface area contributed by atoms with E-state index in [2.05, 4.69) is 59.7 Å². The number of benzene rings is 1. The summed E-state index contributed by atoms with van der Waals surface area (Å²) in [7, 11) is 1.53. The first kappa shape index (κ1) is 21.6. The number of fused-ring (bicyclic) bond motifs is 1. The predicted molar refractivity (Wildman–Crippen MR) is 130 cm³/mol. The normalized spacial score (nSPS) is 23.6. The van der Waals surface area contributed by atoms with Crippen molar-refractivity contribution in [3.63, 3.8) is 0 Å². The van der Waals surface area contributed by atoms with E-state index in [1.54, 1.807) is 0 Å². The van der Waals surface area contributed by atoms with Crippen LogP contribution in [0.2, 0.25) is 0 Å². The maximum atomic E-state index is 13.3. The van der Waals surface area contributed by atoms with E-state index in [0.717, 1.165) is 24.2 Å². The summed E-state index contributed by atoms with van der Waals surface area (Å²) in [6, 6.07) is 11.0. The standard InChI is InChI=1S/C24H29N9O2/c1-13-11-32(13)21-27-20(28-22(29-21)35-4)26-19-16-12-33(24(2,3)18(16)30-31-19)23(34)25-17-10-15(17)14-8-6-5-7-9-14/h5-9,13,15,17H,10-12H2,1-4H3,(H,25,34)(H2,26,27,28,29,30,31)/t13?,15-,17+,32?/m0/s1. The Morgan fingerprint density at radius 1 is 1.20 bits per heavy atom. The fraction of sp³-hybridized carbons (Fsp3) is 0.458. The molecule has 1 aromatic carbocycles. The van der Waals surface area contributed by atoms with Gasteiger partial charge in [-0.05, 0) is 32.8 Å². The molecule has 0 radical (unpaired) electrons. The zero-order chi connectivity index (χ0) is 24.3. The Bertz CT molecular complexity index is 1280. The third-order valence-electron chi connectivity index (χ3n) is 7.17. The molecule has 2 amide bonds. The Balaban J connectivity index is 1.18. The molecule has 182 valence electrons. The number of hydrogen-bond donors (Lipinski definition) is 3. The quantitative estimate of drug-likeness (QED) is 0.465. The maximum absolute atomic E-state index is 13.3. The third kappa shape index (κ3) is 3.80. The molecule has 4 heterocycles. The molecule has 3 aliphatic rings. The van der Waals surface area contributed by atoms with Crippen LogP contribution in [0.4, 0.5) is 22.5 Å². The van der Waals surface area contributed by atoms with Gasteiger partial charge in [-0.3, -0.25) is 5.10 Å². The first-order valence-corrected chi connectivity index (χ1v) is 11.9. The monoisotopic (exact) mass is 475 g/mol. The second-order valence-electron chi connectivity index (χ2n) is 9.95. The third-order valence-corrected chi connectivity index (χ3v) is 7.17. The molecule has 3 aromatic rings. The van der Waals surface area contributed by atoms with Gasteiger partial charge in [0.2, 0.25) is 11.9 Å². The van der Waals surface area contributed by atoms with Crippen molar-refractivity contribution < 1.29 is 9.53 Å². The van der Waals surface area contributed by atoms with Crippen LogP contribution >= 0.6 is 0 Å². The molecule has 1 unspecified atom stereocenters. The average Bonchev–Trinajstić information content (AvgIpc) is 3.72. The Morgan fingerprint density at radius 2 is 1.97 bits per heavy atom. The molecule has 2 fully saturated rings. The fourth-order valence-electron chi connectivity index (χ4n) is 4.85. The molecule has 1 saturated carbocycles. The van der Waals surface area contributed by atoms with Gasteiger partial charge in [-0.25, -0.2) is 4.79 Å². The van der Waals surface area contributed by atoms with Gasteiger partial charge in [0.25, 0.3) is 0 Å². The number of nitrogens with zero attached hydrogens (tertiary/aromatic N) is 6. The lowest BCUT2D eigenvalue weighted by Gasteiger charge is -2.32. The molecule has 2 aromatic heterocycles. The van der Waals surface area contributed by atoms with Gasteiger partial charge >= 0.3 is 12.0 Å². The lowest BCUT2D eigenvalue weighted by molar-refractivity contribution is 0.142. The highest BCUT2D eigenvalue weighted by Gasteiger charge is 2.47. The summed E-state index contributed by atoms with van der Waals surface area (Å²) in [5.74, 6) is 1.89. The fourth-order valence-corrected chi connectivity index (χ4v) is 4.85. The number of nitrogens with one attached hydrogen (secondary N) is 3. The second kappa shape index (κ2) is 7.82. The van der Waals surface area contributed by atoms with E-state index in [1.165, 1.54) is 12.7 Å². The van der Waals surface area contributed by atoms with Crippen LogP contribution in [-0.2, 0) is 12.1 Å². The van der Waals surface area contributed by atoms with E-state index in [9.17, 15) is 4.79 Å². The van der Waals surface area contributed by atoms with Crippen molar-refractivity contribution in [2.45, 2.75) is 57.3 Å². The molecule has 1 aliphatic carbocycles. The van der Waals surface area contributed by atoms with Gasteiger partial charge in [0.05, 0.1) is 24.9 Å². The van der Waals surface area contributed by atoms with Crippen LogP contribution in [0.5, 0.6) is 6.01 Å². The van der Waals surface area contributed by atoms with Gasteiger partial charge in [-0.2, -0.15) is 20.1 Å². The minimum absolute atomic E-state index is 0.0754. The summed E-state index contributed by atoms with van der Waals surface area (Å²) in [5, 5.41) is 14.0. The largest absolute Gasteiger partial charge is 0.467 e. The number of aromatic amines is 1. The summed E-state index contributed by atoms with van der Waals surface area (Å²) in [6.45, 7) is 7.47. The number of rotatable bonds is 6. The molecule has 11 nitrogen and oxygen atoms in total. The van der Waals surface area contributed by atoms with Gasteiger partial charge < -0.3 is 25.2 Å². The van der Waals surface area contributed by atoms with E-state index in [0.29, 0.717) is 36.2 Å². The summed E-state index contributed by atoms with van der Waals surface area (Å²) in [6.07, 6.45) is 0.961. The van der Waals surface area contributed by atoms with Crippen LogP contribution in [-0.4, -0.2) is 61.8 Å². The minimum Gasteiger partial charge on any atom is -0.467 e. The highest BCUT2D eigenvalue weighted by Crippen LogP contribution is 2.43. The number of methoxy groups -OCH3 is 1. The Kier molecular flexibility index (Phi) is 4.83. The topological polar surface area (TPSA) is 124 Å². The minimum atomic E-state index is -0.541. The van der Waals surface area contributed by atoms with Gasteiger partial charge in [-0.15, -0.1) is 0 Å². The Labute approximate surface area is 203 Å². The molecule has 11 heteroatoms. The van der Waals surface area contributed by atoms with E-state index in [-0.39, 0.29) is 18.1 Å². The number of urea groups is 1. The molecule has 1 saturated heterocycles. The number of anilines is 3. The molecule has 35 heavy (non-hydrogen) atoms. The number of carbonyl (C=O) groups is 1. The van der Waals surface area contributed by atoms with Crippen LogP contribution in [0.25, 0.3) is 0 Å². The highest BCUT2D eigenvalue weighted by atomic mass is 16.5. The van der Waals surface area contributed by atoms with Gasteiger partial charge in [-0.1, -0.05) is 30.3 Å². The number of hydrogen-bond acceptors (Lipinski definition) is 8. The lowest BCUT2D eigenvalue weighted by Crippen LogP contribution is -2.47. The summed E-state index contributed by atoms with van der Waals surface area (Å²) in [5.41, 5.74) is 2.54. The maximum Gasteiger partial charge on any atom is 0.322 e. The Morgan fingerprint density at radius 3 is 2.69 bits per heavy atom. The van der Waals surface area contributed by atoms with Crippen molar-refractivity contribution in [1.82, 2.24) is 35.4 Å². The molecular weight excluding hydrogens is 446 g/mol. The average molecular weight is 476 g/mol. The van der Waals surface area contributed by atoms with Crippen molar-refractivity contribution in [3.05, 3.63) is 47.2 Å². The van der Waals surface area contributed by atoms with Gasteiger partial charge in [0.15, 0.2) is 5.82 Å². The van der Waals surface area contributed by atoms with Gasteiger partial charge in [0.1, 0.15) is 0 Å². The first-order chi connectivity index (χ1) is 16.8. The van der Waals surface area contributed by atoms with Crippen LogP contribution in [0.15, 0.2) is 30.3 Å². The van der Waals surface area contributed by atoms with Crippen molar-refractivity contribution in [1.29, 1.82) is 0 Å². The predicted octanol–water partition coefficient (Wildman–Crippen LogP) is 2.87. The number of ether oxygens (including phenoxy) is 1. The summed E-state index contributed by atoms with van der Waals surface area (Å²) in [4.78, 5) is 30.4. The highest BCUT2D eigenvalue weighted by molar-refractivity contribution is 5.78. The molecule has 6 rings (SSSR count). The van der Waals surface area contributed by atoms with Crippen LogP contribution in [0, 0.1) is 0 Å². The molecular formula is C24H29N9O2. The SMILES string of the molecule is COc1nc(Nc2n[nH]c3c2CN(C(=O)N[C@@H]2C[C@H]2c2ccccc2)C3(C)C)nc(N2CC2C)n1. The van der Waals surface area contributed by atoms with E-state index in [1.807, 2.05) is 36.9 Å². The number of H-pyrrole nitrogens is 1. The second-order valence-corrected chi connectivity index (χ2v) is 9.95. The first-order valence-electron chi connectivity index (χ1n) is 11.9.